The Labute approximate surface area is 85.3 Å². The van der Waals surface area contributed by atoms with Crippen LogP contribution >= 0.6 is 0 Å². The van der Waals surface area contributed by atoms with Crippen molar-refractivity contribution in [3.63, 3.8) is 0 Å². The van der Waals surface area contributed by atoms with Crippen LogP contribution in [0.4, 0.5) is 5.95 Å². The molecule has 4 heteroatoms. The minimum Gasteiger partial charge on any atom is -0.383 e. The van der Waals surface area contributed by atoms with Crippen molar-refractivity contribution in [1.29, 1.82) is 0 Å². The van der Waals surface area contributed by atoms with Crippen LogP contribution in [-0.2, 0) is 11.8 Å². The molecule has 0 bridgehead atoms. The van der Waals surface area contributed by atoms with Gasteiger partial charge < -0.3 is 14.6 Å². The quantitative estimate of drug-likeness (QED) is 0.753. The molecule has 1 aromatic rings. The molecule has 4 nitrogen and oxygen atoms in total. The van der Waals surface area contributed by atoms with Crippen LogP contribution in [0.15, 0.2) is 12.4 Å². The lowest BCUT2D eigenvalue weighted by Gasteiger charge is -2.17. The number of nitrogens with zero attached hydrogens (tertiary/aromatic N) is 2. The fourth-order valence-electron chi connectivity index (χ4n) is 1.43. The van der Waals surface area contributed by atoms with E-state index in [1.54, 1.807) is 13.3 Å². The molecule has 0 fully saturated rings. The average molecular weight is 197 g/mol. The molecule has 0 aliphatic carbocycles. The fraction of sp³-hybridized carbons (Fsp3) is 0.700. The summed E-state index contributed by atoms with van der Waals surface area (Å²) < 4.78 is 7.12. The Morgan fingerprint density at radius 3 is 2.93 bits per heavy atom. The van der Waals surface area contributed by atoms with E-state index >= 15 is 0 Å². The minimum absolute atomic E-state index is 0.353. The zero-order chi connectivity index (χ0) is 10.4. The maximum atomic E-state index is 5.15. The van der Waals surface area contributed by atoms with Crippen LogP contribution in [0.1, 0.15) is 19.8 Å². The zero-order valence-electron chi connectivity index (χ0n) is 9.16. The molecule has 1 unspecified atom stereocenters. The highest BCUT2D eigenvalue weighted by atomic mass is 16.5. The standard InChI is InChI=1S/C10H19N3O/c1-4-5-9(8-14-3)12-10-11-6-7-13(10)2/h6-7,9H,4-5,8H2,1-3H3,(H,11,12). The first-order valence-electron chi connectivity index (χ1n) is 5.00. The predicted octanol–water partition coefficient (Wildman–Crippen LogP) is 1.65. The van der Waals surface area contributed by atoms with Gasteiger partial charge in [0.2, 0.25) is 5.95 Å². The summed E-state index contributed by atoms with van der Waals surface area (Å²) in [5.41, 5.74) is 0. The smallest absolute Gasteiger partial charge is 0.202 e. The zero-order valence-corrected chi connectivity index (χ0v) is 9.16. The molecule has 1 aromatic heterocycles. The number of imidazole rings is 1. The summed E-state index contributed by atoms with van der Waals surface area (Å²) in [6.45, 7) is 2.89. The van der Waals surface area contributed by atoms with Gasteiger partial charge in [-0.15, -0.1) is 0 Å². The van der Waals surface area contributed by atoms with Crippen molar-refractivity contribution in [1.82, 2.24) is 9.55 Å². The van der Waals surface area contributed by atoms with Crippen molar-refractivity contribution in [3.05, 3.63) is 12.4 Å². The number of hydrogen-bond donors (Lipinski definition) is 1. The summed E-state index contributed by atoms with van der Waals surface area (Å²) in [7, 11) is 3.70. The van der Waals surface area contributed by atoms with Gasteiger partial charge in [-0.3, -0.25) is 0 Å². The molecule has 0 spiro atoms. The number of aromatic nitrogens is 2. The molecule has 1 rings (SSSR count). The molecule has 1 heterocycles. The van der Waals surface area contributed by atoms with E-state index in [9.17, 15) is 0 Å². The van der Waals surface area contributed by atoms with Gasteiger partial charge in [-0.05, 0) is 6.42 Å². The van der Waals surface area contributed by atoms with Crippen LogP contribution in [0.25, 0.3) is 0 Å². The van der Waals surface area contributed by atoms with Gasteiger partial charge in [-0.2, -0.15) is 0 Å². The van der Waals surface area contributed by atoms with E-state index in [-0.39, 0.29) is 0 Å². The fourth-order valence-corrected chi connectivity index (χ4v) is 1.43. The van der Waals surface area contributed by atoms with E-state index in [0.29, 0.717) is 6.04 Å². The predicted molar refractivity (Wildman–Crippen MR) is 57.4 cm³/mol. The highest BCUT2D eigenvalue weighted by Gasteiger charge is 2.08. The summed E-state index contributed by atoms with van der Waals surface area (Å²) in [5, 5.41) is 3.36. The molecule has 0 saturated heterocycles. The van der Waals surface area contributed by atoms with Crippen molar-refractivity contribution in [2.45, 2.75) is 25.8 Å². The summed E-state index contributed by atoms with van der Waals surface area (Å²) in [4.78, 5) is 4.22. The summed E-state index contributed by atoms with van der Waals surface area (Å²) in [6.07, 6.45) is 5.96. The van der Waals surface area contributed by atoms with E-state index in [0.717, 1.165) is 25.4 Å². The first-order chi connectivity index (χ1) is 6.77. The Morgan fingerprint density at radius 1 is 1.64 bits per heavy atom. The number of hydrogen-bond acceptors (Lipinski definition) is 3. The van der Waals surface area contributed by atoms with Gasteiger partial charge in [0.25, 0.3) is 0 Å². The van der Waals surface area contributed by atoms with Crippen molar-refractivity contribution >= 4 is 5.95 Å². The second-order valence-electron chi connectivity index (χ2n) is 3.45. The Hall–Kier alpha value is -1.03. The van der Waals surface area contributed by atoms with Crippen LogP contribution in [-0.4, -0.2) is 29.3 Å². The van der Waals surface area contributed by atoms with Crippen LogP contribution in [0, 0.1) is 0 Å². The first-order valence-corrected chi connectivity index (χ1v) is 5.00. The second kappa shape index (κ2) is 5.65. The highest BCUT2D eigenvalue weighted by molar-refractivity contribution is 5.26. The van der Waals surface area contributed by atoms with Crippen LogP contribution in [0.2, 0.25) is 0 Å². The van der Waals surface area contributed by atoms with E-state index in [2.05, 4.69) is 17.2 Å². The minimum atomic E-state index is 0.353. The van der Waals surface area contributed by atoms with E-state index in [1.165, 1.54) is 0 Å². The Balaban J connectivity index is 2.50. The van der Waals surface area contributed by atoms with E-state index in [4.69, 9.17) is 4.74 Å². The number of methoxy groups -OCH3 is 1. The molecule has 1 atom stereocenters. The maximum absolute atomic E-state index is 5.15. The lowest BCUT2D eigenvalue weighted by Crippen LogP contribution is -2.26. The number of ether oxygens (including phenoxy) is 1. The lowest BCUT2D eigenvalue weighted by atomic mass is 10.2. The van der Waals surface area contributed by atoms with Gasteiger partial charge in [-0.1, -0.05) is 13.3 Å². The van der Waals surface area contributed by atoms with Gasteiger partial charge in [-0.25, -0.2) is 4.98 Å². The summed E-state index contributed by atoms with van der Waals surface area (Å²) in [5.74, 6) is 0.903. The number of anilines is 1. The maximum Gasteiger partial charge on any atom is 0.202 e. The molecule has 0 radical (unpaired) electrons. The van der Waals surface area contributed by atoms with Crippen LogP contribution in [0.5, 0.6) is 0 Å². The molecular formula is C10H19N3O. The summed E-state index contributed by atoms with van der Waals surface area (Å²) in [6, 6.07) is 0.353. The number of nitrogens with one attached hydrogen (secondary N) is 1. The van der Waals surface area contributed by atoms with Crippen LogP contribution in [0.3, 0.4) is 0 Å². The monoisotopic (exact) mass is 197 g/mol. The van der Waals surface area contributed by atoms with Crippen molar-refractivity contribution < 1.29 is 4.74 Å². The molecule has 0 amide bonds. The van der Waals surface area contributed by atoms with Gasteiger partial charge in [0.05, 0.1) is 12.6 Å². The molecule has 14 heavy (non-hydrogen) atoms. The van der Waals surface area contributed by atoms with Gasteiger partial charge in [0.1, 0.15) is 0 Å². The molecule has 80 valence electrons. The SMILES string of the molecule is CCCC(COC)Nc1nccn1C. The molecule has 1 N–H and O–H groups in total. The highest BCUT2D eigenvalue weighted by Crippen LogP contribution is 2.07. The van der Waals surface area contributed by atoms with Crippen LogP contribution < -0.4 is 5.32 Å². The third-order valence-electron chi connectivity index (χ3n) is 2.16. The Morgan fingerprint density at radius 2 is 2.43 bits per heavy atom. The largest absolute Gasteiger partial charge is 0.383 e. The molecule has 0 saturated carbocycles. The molecular weight excluding hydrogens is 178 g/mol. The molecule has 0 aromatic carbocycles. The van der Waals surface area contributed by atoms with E-state index in [1.807, 2.05) is 17.8 Å². The third kappa shape index (κ3) is 3.03. The van der Waals surface area contributed by atoms with Gasteiger partial charge in [0.15, 0.2) is 0 Å². The summed E-state index contributed by atoms with van der Waals surface area (Å²) >= 11 is 0. The lowest BCUT2D eigenvalue weighted by molar-refractivity contribution is 0.182. The Bertz CT molecular complexity index is 254. The van der Waals surface area contributed by atoms with Gasteiger partial charge >= 0.3 is 0 Å². The van der Waals surface area contributed by atoms with Crippen molar-refractivity contribution in [2.24, 2.45) is 7.05 Å². The first kappa shape index (κ1) is 11.0. The molecule has 0 aliphatic heterocycles. The third-order valence-corrected chi connectivity index (χ3v) is 2.16. The average Bonchev–Trinajstić information content (AvgIpc) is 2.53. The van der Waals surface area contributed by atoms with Crippen molar-refractivity contribution in [2.75, 3.05) is 19.0 Å². The number of rotatable bonds is 6. The molecule has 0 aliphatic rings. The second-order valence-corrected chi connectivity index (χ2v) is 3.45. The Kier molecular flexibility index (Phi) is 4.46. The van der Waals surface area contributed by atoms with Gasteiger partial charge in [0, 0.05) is 26.6 Å². The van der Waals surface area contributed by atoms with E-state index < -0.39 is 0 Å². The topological polar surface area (TPSA) is 39.1 Å². The van der Waals surface area contributed by atoms with Crippen molar-refractivity contribution in [3.8, 4) is 0 Å². The number of aryl methyl sites for hydroxylation is 1. The normalized spacial score (nSPS) is 12.8.